The lowest BCUT2D eigenvalue weighted by Gasteiger charge is -2.21. The molecular weight excluding hydrogens is 232 g/mol. The third-order valence-electron chi connectivity index (χ3n) is 3.40. The number of pyridine rings is 1. The fraction of sp³-hybridized carbons (Fsp3) is 0.615. The minimum Gasteiger partial charge on any atom is -0.325 e. The molecule has 1 aromatic heterocycles. The zero-order valence-electron chi connectivity index (χ0n) is 10.1. The van der Waals surface area contributed by atoms with Crippen LogP contribution >= 0.6 is 0 Å². The summed E-state index contributed by atoms with van der Waals surface area (Å²) in [6.07, 6.45) is 7.74. The van der Waals surface area contributed by atoms with Crippen LogP contribution in [0.25, 0.3) is 0 Å². The molecule has 1 atom stereocenters. The van der Waals surface area contributed by atoms with Gasteiger partial charge in [0.05, 0.1) is 11.4 Å². The van der Waals surface area contributed by atoms with E-state index in [0.717, 1.165) is 24.1 Å². The number of aromatic nitrogens is 1. The Morgan fingerprint density at radius 3 is 2.82 bits per heavy atom. The van der Waals surface area contributed by atoms with Gasteiger partial charge in [0.15, 0.2) is 0 Å². The summed E-state index contributed by atoms with van der Waals surface area (Å²) in [6.45, 7) is 0.429. The number of nitrogens with zero attached hydrogens (tertiary/aromatic N) is 1. The summed E-state index contributed by atoms with van der Waals surface area (Å²) < 4.78 is 12.3. The van der Waals surface area contributed by atoms with Crippen molar-refractivity contribution in [3.05, 3.63) is 29.6 Å². The second-order valence-corrected chi connectivity index (χ2v) is 6.32. The minimum absolute atomic E-state index is 0.384. The molecule has 1 heterocycles. The molecule has 0 bridgehead atoms. The quantitative estimate of drug-likeness (QED) is 0.893. The van der Waals surface area contributed by atoms with Crippen LogP contribution in [-0.2, 0) is 23.1 Å². The number of hydrogen-bond acceptors (Lipinski definition) is 3. The first-order chi connectivity index (χ1) is 8.31. The molecule has 0 radical (unpaired) electrons. The van der Waals surface area contributed by atoms with Gasteiger partial charge in [0, 0.05) is 28.8 Å². The summed E-state index contributed by atoms with van der Waals surface area (Å²) in [5.74, 6) is 0.616. The first kappa shape index (κ1) is 12.7. The molecule has 1 aliphatic carbocycles. The molecule has 0 aliphatic heterocycles. The maximum atomic E-state index is 12.3. The van der Waals surface area contributed by atoms with Crippen molar-refractivity contribution in [2.45, 2.75) is 49.7 Å². The topological polar surface area (TPSA) is 56.0 Å². The fourth-order valence-corrected chi connectivity index (χ4v) is 4.05. The van der Waals surface area contributed by atoms with Gasteiger partial charge in [-0.05, 0) is 24.5 Å². The third kappa shape index (κ3) is 3.36. The zero-order valence-corrected chi connectivity index (χ0v) is 10.9. The lowest BCUT2D eigenvalue weighted by Crippen LogP contribution is -2.20. The molecule has 1 fully saturated rings. The first-order valence-corrected chi connectivity index (χ1v) is 7.69. The van der Waals surface area contributed by atoms with E-state index in [9.17, 15) is 4.21 Å². The van der Waals surface area contributed by atoms with E-state index < -0.39 is 10.8 Å². The summed E-state index contributed by atoms with van der Waals surface area (Å²) >= 11 is 0. The predicted molar refractivity (Wildman–Crippen MR) is 70.8 cm³/mol. The van der Waals surface area contributed by atoms with Crippen LogP contribution in [-0.4, -0.2) is 14.4 Å². The standard InChI is InChI=1S/C13H20N2OS/c14-9-13-11(5-4-8-15-13)10-17(16)12-6-2-1-3-7-12/h4-5,8,12H,1-3,6-7,9-10,14H2. The molecule has 0 saturated heterocycles. The van der Waals surface area contributed by atoms with Crippen molar-refractivity contribution < 1.29 is 4.21 Å². The molecule has 0 spiro atoms. The monoisotopic (exact) mass is 252 g/mol. The van der Waals surface area contributed by atoms with E-state index >= 15 is 0 Å². The first-order valence-electron chi connectivity index (χ1n) is 6.31. The van der Waals surface area contributed by atoms with Gasteiger partial charge in [0.1, 0.15) is 0 Å². The van der Waals surface area contributed by atoms with Crippen LogP contribution in [0.2, 0.25) is 0 Å². The minimum atomic E-state index is -0.765. The molecule has 3 nitrogen and oxygen atoms in total. The van der Waals surface area contributed by atoms with Crippen LogP contribution in [0.5, 0.6) is 0 Å². The van der Waals surface area contributed by atoms with Gasteiger partial charge in [0.2, 0.25) is 0 Å². The Kier molecular flexibility index (Phi) is 4.68. The van der Waals surface area contributed by atoms with Gasteiger partial charge in [-0.25, -0.2) is 0 Å². The lowest BCUT2D eigenvalue weighted by molar-refractivity contribution is 0.504. The van der Waals surface area contributed by atoms with Crippen molar-refractivity contribution in [3.8, 4) is 0 Å². The van der Waals surface area contributed by atoms with Gasteiger partial charge in [-0.1, -0.05) is 25.3 Å². The maximum Gasteiger partial charge on any atom is 0.0580 e. The van der Waals surface area contributed by atoms with E-state index in [1.165, 1.54) is 19.3 Å². The summed E-state index contributed by atoms with van der Waals surface area (Å²) in [7, 11) is -0.765. The largest absolute Gasteiger partial charge is 0.325 e. The molecule has 2 rings (SSSR count). The molecule has 0 aromatic carbocycles. The Bertz CT molecular complexity index is 389. The van der Waals surface area contributed by atoms with Crippen LogP contribution in [0.3, 0.4) is 0 Å². The Morgan fingerprint density at radius 2 is 2.12 bits per heavy atom. The third-order valence-corrected chi connectivity index (χ3v) is 5.21. The van der Waals surface area contributed by atoms with Crippen molar-refractivity contribution in [2.24, 2.45) is 5.73 Å². The molecular formula is C13H20N2OS. The van der Waals surface area contributed by atoms with Crippen molar-refractivity contribution in [3.63, 3.8) is 0 Å². The van der Waals surface area contributed by atoms with Gasteiger partial charge in [-0.15, -0.1) is 0 Å². The molecule has 1 aromatic rings. The molecule has 17 heavy (non-hydrogen) atoms. The Balaban J connectivity index is 2.01. The number of nitrogens with two attached hydrogens (primary N) is 1. The molecule has 1 aliphatic rings. The highest BCUT2D eigenvalue weighted by molar-refractivity contribution is 7.84. The van der Waals surface area contributed by atoms with E-state index in [1.54, 1.807) is 6.20 Å². The number of hydrogen-bond donors (Lipinski definition) is 1. The second-order valence-electron chi connectivity index (χ2n) is 4.60. The summed E-state index contributed by atoms with van der Waals surface area (Å²) in [5, 5.41) is 0.384. The van der Waals surface area contributed by atoms with Gasteiger partial charge in [0.25, 0.3) is 0 Å². The van der Waals surface area contributed by atoms with Crippen LogP contribution in [0.4, 0.5) is 0 Å². The highest BCUT2D eigenvalue weighted by Gasteiger charge is 2.20. The molecule has 2 N–H and O–H groups in total. The molecule has 4 heteroatoms. The van der Waals surface area contributed by atoms with E-state index in [-0.39, 0.29) is 0 Å². The summed E-state index contributed by atoms with van der Waals surface area (Å²) in [5.41, 5.74) is 7.58. The van der Waals surface area contributed by atoms with Crippen molar-refractivity contribution >= 4 is 10.8 Å². The molecule has 1 saturated carbocycles. The van der Waals surface area contributed by atoms with Gasteiger partial charge >= 0.3 is 0 Å². The lowest BCUT2D eigenvalue weighted by atomic mass is 10.0. The molecule has 1 unspecified atom stereocenters. The molecule has 94 valence electrons. The summed E-state index contributed by atoms with van der Waals surface area (Å²) in [6, 6.07) is 3.89. The van der Waals surface area contributed by atoms with Gasteiger partial charge < -0.3 is 5.73 Å². The normalized spacial score (nSPS) is 19.1. The van der Waals surface area contributed by atoms with Gasteiger partial charge in [-0.3, -0.25) is 9.19 Å². The SMILES string of the molecule is NCc1ncccc1CS(=O)C1CCCCC1. The Morgan fingerprint density at radius 1 is 1.35 bits per heavy atom. The van der Waals surface area contributed by atoms with Crippen molar-refractivity contribution in [1.29, 1.82) is 0 Å². The smallest absolute Gasteiger partial charge is 0.0580 e. The van der Waals surface area contributed by atoms with Crippen molar-refractivity contribution in [1.82, 2.24) is 4.98 Å². The highest BCUT2D eigenvalue weighted by Crippen LogP contribution is 2.24. The average molecular weight is 252 g/mol. The van der Waals surface area contributed by atoms with E-state index in [1.807, 2.05) is 12.1 Å². The Hall–Kier alpha value is -0.740. The van der Waals surface area contributed by atoms with Crippen molar-refractivity contribution in [2.75, 3.05) is 0 Å². The molecule has 0 amide bonds. The number of rotatable bonds is 4. The maximum absolute atomic E-state index is 12.3. The highest BCUT2D eigenvalue weighted by atomic mass is 32.2. The Labute approximate surface area is 105 Å². The van der Waals surface area contributed by atoms with Gasteiger partial charge in [-0.2, -0.15) is 0 Å². The van der Waals surface area contributed by atoms with Crippen LogP contribution in [0.15, 0.2) is 18.3 Å². The van der Waals surface area contributed by atoms with Crippen LogP contribution in [0.1, 0.15) is 43.4 Å². The van der Waals surface area contributed by atoms with E-state index in [4.69, 9.17) is 5.73 Å². The average Bonchev–Trinajstić information content (AvgIpc) is 2.40. The van der Waals surface area contributed by atoms with Crippen LogP contribution < -0.4 is 5.73 Å². The van der Waals surface area contributed by atoms with Crippen LogP contribution in [0, 0.1) is 0 Å². The second kappa shape index (κ2) is 6.26. The van der Waals surface area contributed by atoms with E-state index in [2.05, 4.69) is 4.98 Å². The zero-order chi connectivity index (χ0) is 12.1. The van der Waals surface area contributed by atoms with E-state index in [0.29, 0.717) is 17.5 Å². The fourth-order valence-electron chi connectivity index (χ4n) is 2.39. The summed E-state index contributed by atoms with van der Waals surface area (Å²) in [4.78, 5) is 4.24. The predicted octanol–water partition coefficient (Wildman–Crippen LogP) is 2.12.